The highest BCUT2D eigenvalue weighted by molar-refractivity contribution is 6.19. The molecule has 60 heteroatoms. The molecule has 0 aliphatic rings. The van der Waals surface area contributed by atoms with Crippen LogP contribution in [0, 0.1) is 5.41 Å². The Morgan fingerprint density at radius 1 is 0.184 bits per heavy atom. The molecule has 0 spiro atoms. The lowest BCUT2D eigenvalue weighted by atomic mass is 9.84. The lowest BCUT2D eigenvalue weighted by Gasteiger charge is -2.40. The predicted octanol–water partition coefficient (Wildman–Crippen LogP) is 17.1. The first kappa shape index (κ1) is 92.2. The Bertz CT molecular complexity index is 2590. The standard InChI is InChI=1S/C38H18F52O8/c39-15(40,19(47,48)23(55,56)27(63,64)31(71,72)35(79,80)81)1-5-95-10(91)9-14(11(92)96-6-2-16(41,42)20(49,50)24(57,58)28(65,66)32(73,74)36(82,83)84,12(93)97-7-3-17(43,44)21(51,52)25(59,60)29(67,68)33(75,76)37(85,86)87)13(94)98-8-4-18(45,46)22(53,54)26(61,62)30(69,70)34(77,78)38(88,89)90/h1-9H2. The van der Waals surface area contributed by atoms with Crippen molar-refractivity contribution in [1.82, 2.24) is 0 Å². The molecule has 0 aliphatic heterocycles. The minimum absolute atomic E-state index is 3.15. The zero-order valence-electron chi connectivity index (χ0n) is 43.8. The van der Waals surface area contributed by atoms with Crippen molar-refractivity contribution in [3.05, 3.63) is 0 Å². The summed E-state index contributed by atoms with van der Waals surface area (Å²) in [6, 6.07) is 0. The molecule has 0 atom stereocenters. The first-order valence-corrected chi connectivity index (χ1v) is 22.5. The maximum Gasteiger partial charge on any atom is 0.460 e. The summed E-state index contributed by atoms with van der Waals surface area (Å²) in [4.78, 5) is 52.7. The number of hydrogen-bond donors (Lipinski definition) is 0. The topological polar surface area (TPSA) is 105 Å². The summed E-state index contributed by atoms with van der Waals surface area (Å²) in [6.07, 6.45) is -54.1. The molecule has 0 N–H and O–H groups in total. The Morgan fingerprint density at radius 2 is 0.316 bits per heavy atom. The van der Waals surface area contributed by atoms with E-state index < -0.39 is 231 Å². The molecule has 0 aromatic heterocycles. The maximum absolute atomic E-state index is 14.6. The second-order valence-electron chi connectivity index (χ2n) is 18.7. The summed E-state index contributed by atoms with van der Waals surface area (Å²) in [5.74, 6) is -189. The molecule has 0 fully saturated rings. The summed E-state index contributed by atoms with van der Waals surface area (Å²) < 4.78 is 722. The van der Waals surface area contributed by atoms with Crippen molar-refractivity contribution >= 4 is 23.9 Å². The Balaban J connectivity index is 8.72. The van der Waals surface area contributed by atoms with Crippen LogP contribution in [-0.4, -0.2) is 193 Å². The average Bonchev–Trinajstić information content (AvgIpc) is 0.731. The van der Waals surface area contributed by atoms with Gasteiger partial charge < -0.3 is 18.9 Å². The van der Waals surface area contributed by atoms with Gasteiger partial charge in [0.1, 0.15) is 0 Å². The quantitative estimate of drug-likeness (QED) is 0.0277. The normalized spacial score (nSPS) is 16.1. The van der Waals surface area contributed by atoms with Crippen molar-refractivity contribution in [3.63, 3.8) is 0 Å². The first-order valence-electron chi connectivity index (χ1n) is 22.5. The molecule has 0 aromatic rings. The molecular formula is C38H18F52O8. The number of rotatable bonds is 33. The maximum atomic E-state index is 14.6. The fraction of sp³-hybridized carbons (Fsp3) is 0.895. The largest absolute Gasteiger partial charge is 0.465 e. The zero-order valence-corrected chi connectivity index (χ0v) is 43.8. The summed E-state index contributed by atoms with van der Waals surface area (Å²) in [6.45, 7) is -15.0. The lowest BCUT2D eigenvalue weighted by Crippen LogP contribution is -2.70. The molecule has 0 aliphatic carbocycles. The van der Waals surface area contributed by atoms with Crippen molar-refractivity contribution in [2.45, 2.75) is 175 Å². The molecule has 0 rings (SSSR count). The third-order valence-corrected chi connectivity index (χ3v) is 12.1. The van der Waals surface area contributed by atoms with Crippen LogP contribution in [-0.2, 0) is 38.1 Å². The minimum Gasteiger partial charge on any atom is -0.465 e. The molecule has 8 nitrogen and oxygen atoms in total. The van der Waals surface area contributed by atoms with Crippen molar-refractivity contribution in [1.29, 1.82) is 0 Å². The van der Waals surface area contributed by atoms with Crippen LogP contribution in [0.4, 0.5) is 228 Å². The van der Waals surface area contributed by atoms with Gasteiger partial charge in [-0.25, -0.2) is 0 Å². The van der Waals surface area contributed by atoms with E-state index in [0.717, 1.165) is 0 Å². The molecule has 0 heterocycles. The molecule has 0 radical (unpaired) electrons. The fourth-order valence-electron chi connectivity index (χ4n) is 6.05. The van der Waals surface area contributed by atoms with E-state index >= 15 is 0 Å². The molecule has 0 saturated heterocycles. The number of hydrogen-bond acceptors (Lipinski definition) is 8. The SMILES string of the molecule is O=C(CC(C(=O)OCCC(F)(F)C(F)(F)C(F)(F)C(F)(F)C(F)(F)C(F)(F)F)(C(=O)OCCC(F)(F)C(F)(F)C(F)(F)C(F)(F)C(F)(F)C(F)(F)F)C(=O)OCCC(F)(F)C(F)(F)C(F)(F)C(F)(F)C(F)(F)C(F)(F)F)OCCC(F)(F)C(F)(F)C(F)(F)C(F)(F)C(F)(F)C(F)(F)F. The summed E-state index contributed by atoms with van der Waals surface area (Å²) in [7, 11) is 0. The first-order chi connectivity index (χ1) is 42.0. The molecule has 0 saturated carbocycles. The average molecular weight is 1590 g/mol. The number of esters is 4. The van der Waals surface area contributed by atoms with Gasteiger partial charge >= 0.3 is 167 Å². The highest BCUT2D eigenvalue weighted by atomic mass is 19.5. The number of alkyl halides is 52. The Labute approximate surface area is 498 Å². The van der Waals surface area contributed by atoms with Gasteiger partial charge in [-0.1, -0.05) is 0 Å². The van der Waals surface area contributed by atoms with Gasteiger partial charge in [-0.3, -0.25) is 19.2 Å². The minimum atomic E-state index is -9.00. The third-order valence-electron chi connectivity index (χ3n) is 12.1. The fourth-order valence-corrected chi connectivity index (χ4v) is 6.05. The molecule has 582 valence electrons. The van der Waals surface area contributed by atoms with Gasteiger partial charge in [-0.2, -0.15) is 228 Å². The second kappa shape index (κ2) is 25.9. The van der Waals surface area contributed by atoms with Gasteiger partial charge in [0.15, 0.2) is 0 Å². The van der Waals surface area contributed by atoms with Crippen LogP contribution in [0.2, 0.25) is 0 Å². The van der Waals surface area contributed by atoms with Gasteiger partial charge in [0.25, 0.3) is 5.41 Å². The molecule has 0 aromatic carbocycles. The van der Waals surface area contributed by atoms with Crippen LogP contribution >= 0.6 is 0 Å². The van der Waals surface area contributed by atoms with Crippen LogP contribution in [0.15, 0.2) is 0 Å². The summed E-state index contributed by atoms with van der Waals surface area (Å²) in [5.41, 5.74) is -6.39. The highest BCUT2D eigenvalue weighted by Gasteiger charge is 2.95. The predicted molar refractivity (Wildman–Crippen MR) is 193 cm³/mol. The van der Waals surface area contributed by atoms with E-state index in [1.165, 1.54) is 0 Å². The van der Waals surface area contributed by atoms with Crippen molar-refractivity contribution in [2.24, 2.45) is 5.41 Å². The third kappa shape index (κ3) is 14.2. The van der Waals surface area contributed by atoms with Gasteiger partial charge in [0.2, 0.25) is 0 Å². The van der Waals surface area contributed by atoms with Crippen LogP contribution in [0.5, 0.6) is 0 Å². The van der Waals surface area contributed by atoms with E-state index in [4.69, 9.17) is 0 Å². The molecule has 0 bridgehead atoms. The number of ether oxygens (including phenoxy) is 4. The number of carbonyl (C=O) groups excluding carboxylic acids is 4. The van der Waals surface area contributed by atoms with Gasteiger partial charge in [0.05, 0.1) is 58.5 Å². The van der Waals surface area contributed by atoms with Crippen molar-refractivity contribution in [3.8, 4) is 0 Å². The van der Waals surface area contributed by atoms with Crippen LogP contribution in [0.3, 0.4) is 0 Å². The number of halogens is 52. The van der Waals surface area contributed by atoms with Gasteiger partial charge in [-0.05, 0) is 0 Å². The van der Waals surface area contributed by atoms with E-state index in [9.17, 15) is 247 Å². The van der Waals surface area contributed by atoms with Crippen molar-refractivity contribution in [2.75, 3.05) is 26.4 Å². The highest BCUT2D eigenvalue weighted by Crippen LogP contribution is 2.66. The van der Waals surface area contributed by atoms with E-state index in [0.29, 0.717) is 0 Å². The van der Waals surface area contributed by atoms with Crippen LogP contribution < -0.4 is 0 Å². The van der Waals surface area contributed by atoms with E-state index in [1.54, 1.807) is 0 Å². The molecular weight excluding hydrogens is 1570 g/mol. The van der Waals surface area contributed by atoms with E-state index in [2.05, 4.69) is 18.9 Å². The zero-order chi connectivity index (χ0) is 80.0. The van der Waals surface area contributed by atoms with Crippen molar-refractivity contribution < 1.29 is 266 Å². The van der Waals surface area contributed by atoms with Crippen LogP contribution in [0.1, 0.15) is 32.1 Å². The van der Waals surface area contributed by atoms with Gasteiger partial charge in [0, 0.05) is 0 Å². The monoisotopic (exact) mass is 1590 g/mol. The molecule has 0 amide bonds. The lowest BCUT2D eigenvalue weighted by molar-refractivity contribution is -0.440. The summed E-state index contributed by atoms with van der Waals surface area (Å²) in [5, 5.41) is 0. The summed E-state index contributed by atoms with van der Waals surface area (Å²) >= 11 is 0. The Morgan fingerprint density at radius 3 is 0.459 bits per heavy atom. The number of carbonyl (C=O) groups is 4. The van der Waals surface area contributed by atoms with E-state index in [1.807, 2.05) is 0 Å². The second-order valence-corrected chi connectivity index (χ2v) is 18.7. The smallest absolute Gasteiger partial charge is 0.460 e. The van der Waals surface area contributed by atoms with Gasteiger partial charge in [-0.15, -0.1) is 0 Å². The van der Waals surface area contributed by atoms with Crippen LogP contribution in [0.25, 0.3) is 0 Å². The Hall–Kier alpha value is -5.76. The Kier molecular flexibility index (Phi) is 24.4. The molecule has 0 unspecified atom stereocenters. The van der Waals surface area contributed by atoms with E-state index in [-0.39, 0.29) is 0 Å². The molecule has 98 heavy (non-hydrogen) atoms.